The van der Waals surface area contributed by atoms with Crippen LogP contribution in [-0.2, 0) is 11.3 Å². The number of carbonyl (C=O) groups is 1. The highest BCUT2D eigenvalue weighted by Gasteiger charge is 2.23. The molecule has 0 N–H and O–H groups in total. The first kappa shape index (κ1) is 16.5. The van der Waals surface area contributed by atoms with Crippen molar-refractivity contribution in [2.45, 2.75) is 51.6 Å². The first-order valence-electron chi connectivity index (χ1n) is 7.66. The SMILES string of the molecule is COc1ccc(Br)cc1CN1CCCCCC1CC(C)=O. The molecule has 0 saturated carbocycles. The number of carbonyl (C=O) groups excluding carboxylic acids is 1. The minimum Gasteiger partial charge on any atom is -0.496 e. The Hall–Kier alpha value is -0.870. The number of ether oxygens (including phenoxy) is 1. The number of methoxy groups -OCH3 is 1. The van der Waals surface area contributed by atoms with Gasteiger partial charge in [0.05, 0.1) is 7.11 Å². The second-order valence-electron chi connectivity index (χ2n) is 5.84. The molecule has 1 aliphatic rings. The number of likely N-dealkylation sites (tertiary alicyclic amines) is 1. The van der Waals surface area contributed by atoms with Crippen LogP contribution in [0.15, 0.2) is 22.7 Å². The van der Waals surface area contributed by atoms with E-state index in [1.807, 2.05) is 12.1 Å². The lowest BCUT2D eigenvalue weighted by molar-refractivity contribution is -0.118. The molecule has 21 heavy (non-hydrogen) atoms. The number of rotatable bonds is 5. The highest BCUT2D eigenvalue weighted by Crippen LogP contribution is 2.28. The van der Waals surface area contributed by atoms with Gasteiger partial charge in [-0.25, -0.2) is 0 Å². The van der Waals surface area contributed by atoms with Gasteiger partial charge in [-0.3, -0.25) is 9.69 Å². The molecule has 0 radical (unpaired) electrons. The average Bonchev–Trinajstić information content (AvgIpc) is 2.64. The number of ketones is 1. The van der Waals surface area contributed by atoms with Crippen LogP contribution in [0.4, 0.5) is 0 Å². The topological polar surface area (TPSA) is 29.5 Å². The third-order valence-electron chi connectivity index (χ3n) is 4.14. The smallest absolute Gasteiger partial charge is 0.131 e. The summed E-state index contributed by atoms with van der Waals surface area (Å²) in [5, 5.41) is 0. The highest BCUT2D eigenvalue weighted by atomic mass is 79.9. The standard InChI is InChI=1S/C17H24BrNO2/c1-13(20)10-16-6-4-3-5-9-19(16)12-14-11-15(18)7-8-17(14)21-2/h7-8,11,16H,3-6,9-10,12H2,1-2H3. The van der Waals surface area contributed by atoms with Crippen molar-refractivity contribution in [1.82, 2.24) is 4.90 Å². The minimum atomic E-state index is 0.285. The van der Waals surface area contributed by atoms with E-state index >= 15 is 0 Å². The van der Waals surface area contributed by atoms with E-state index in [-0.39, 0.29) is 5.78 Å². The van der Waals surface area contributed by atoms with E-state index in [0.29, 0.717) is 12.5 Å². The quantitative estimate of drug-likeness (QED) is 0.794. The van der Waals surface area contributed by atoms with E-state index in [1.165, 1.54) is 24.8 Å². The van der Waals surface area contributed by atoms with Gasteiger partial charge in [0.25, 0.3) is 0 Å². The number of Topliss-reactive ketones (excluding diaryl/α,β-unsaturated/α-hetero) is 1. The van der Waals surface area contributed by atoms with Crippen LogP contribution in [0.3, 0.4) is 0 Å². The van der Waals surface area contributed by atoms with Gasteiger partial charge in [-0.2, -0.15) is 0 Å². The molecule has 1 saturated heterocycles. The van der Waals surface area contributed by atoms with Crippen molar-refractivity contribution in [1.29, 1.82) is 0 Å². The Morgan fingerprint density at radius 3 is 2.90 bits per heavy atom. The van der Waals surface area contributed by atoms with Crippen LogP contribution in [0.25, 0.3) is 0 Å². The number of benzene rings is 1. The van der Waals surface area contributed by atoms with Crippen molar-refractivity contribution in [2.24, 2.45) is 0 Å². The molecule has 1 aromatic rings. The first-order chi connectivity index (χ1) is 10.1. The molecule has 1 heterocycles. The fraction of sp³-hybridized carbons (Fsp3) is 0.588. The van der Waals surface area contributed by atoms with Gasteiger partial charge in [0.2, 0.25) is 0 Å². The lowest BCUT2D eigenvalue weighted by Gasteiger charge is -2.30. The molecule has 2 rings (SSSR count). The Morgan fingerprint density at radius 1 is 1.38 bits per heavy atom. The summed E-state index contributed by atoms with van der Waals surface area (Å²) in [5.41, 5.74) is 1.18. The van der Waals surface area contributed by atoms with Crippen LogP contribution in [-0.4, -0.2) is 30.4 Å². The molecule has 0 aromatic heterocycles. The number of hydrogen-bond donors (Lipinski definition) is 0. The summed E-state index contributed by atoms with van der Waals surface area (Å²) >= 11 is 3.53. The highest BCUT2D eigenvalue weighted by molar-refractivity contribution is 9.10. The van der Waals surface area contributed by atoms with E-state index in [1.54, 1.807) is 14.0 Å². The fourth-order valence-electron chi connectivity index (χ4n) is 3.10. The molecule has 116 valence electrons. The summed E-state index contributed by atoms with van der Waals surface area (Å²) in [5.74, 6) is 1.21. The van der Waals surface area contributed by atoms with Gasteiger partial charge in [-0.1, -0.05) is 28.8 Å². The molecule has 3 nitrogen and oxygen atoms in total. The zero-order valence-electron chi connectivity index (χ0n) is 12.9. The van der Waals surface area contributed by atoms with Gasteiger partial charge in [-0.15, -0.1) is 0 Å². The Balaban J connectivity index is 2.17. The summed E-state index contributed by atoms with van der Waals surface area (Å²) in [6.07, 6.45) is 5.49. The summed E-state index contributed by atoms with van der Waals surface area (Å²) < 4.78 is 6.54. The zero-order valence-corrected chi connectivity index (χ0v) is 14.5. The van der Waals surface area contributed by atoms with E-state index < -0.39 is 0 Å². The van der Waals surface area contributed by atoms with Crippen LogP contribution >= 0.6 is 15.9 Å². The molecule has 0 spiro atoms. The van der Waals surface area contributed by atoms with Crippen molar-refractivity contribution in [2.75, 3.05) is 13.7 Å². The average molecular weight is 354 g/mol. The van der Waals surface area contributed by atoms with Gasteiger partial charge >= 0.3 is 0 Å². The van der Waals surface area contributed by atoms with Crippen LogP contribution in [0, 0.1) is 0 Å². The predicted molar refractivity (Wildman–Crippen MR) is 88.7 cm³/mol. The van der Waals surface area contributed by atoms with Gasteiger partial charge in [0.15, 0.2) is 0 Å². The lowest BCUT2D eigenvalue weighted by Crippen LogP contribution is -2.35. The molecular formula is C17H24BrNO2. The van der Waals surface area contributed by atoms with Crippen molar-refractivity contribution in [3.63, 3.8) is 0 Å². The molecule has 1 unspecified atom stereocenters. The number of nitrogens with zero attached hydrogens (tertiary/aromatic N) is 1. The molecule has 1 aromatic carbocycles. The van der Waals surface area contributed by atoms with Crippen LogP contribution in [0.5, 0.6) is 5.75 Å². The van der Waals surface area contributed by atoms with E-state index in [0.717, 1.165) is 29.7 Å². The summed E-state index contributed by atoms with van der Waals surface area (Å²) in [6, 6.07) is 6.48. The van der Waals surface area contributed by atoms with Gasteiger partial charge in [-0.05, 0) is 44.5 Å². The predicted octanol–water partition coefficient (Wildman–Crippen LogP) is 4.18. The molecular weight excluding hydrogens is 330 g/mol. The largest absolute Gasteiger partial charge is 0.496 e. The molecule has 1 fully saturated rings. The molecule has 4 heteroatoms. The van der Waals surface area contributed by atoms with Crippen molar-refractivity contribution in [3.8, 4) is 5.75 Å². The lowest BCUT2D eigenvalue weighted by atomic mass is 10.0. The molecule has 0 bridgehead atoms. The maximum atomic E-state index is 11.5. The first-order valence-corrected chi connectivity index (χ1v) is 8.45. The van der Waals surface area contributed by atoms with Crippen molar-refractivity contribution >= 4 is 21.7 Å². The monoisotopic (exact) mass is 353 g/mol. The number of halogens is 1. The van der Waals surface area contributed by atoms with E-state index in [2.05, 4.69) is 26.9 Å². The molecule has 0 aliphatic carbocycles. The third-order valence-corrected chi connectivity index (χ3v) is 4.63. The van der Waals surface area contributed by atoms with Crippen molar-refractivity contribution < 1.29 is 9.53 Å². The van der Waals surface area contributed by atoms with Gasteiger partial charge in [0.1, 0.15) is 11.5 Å². The Morgan fingerprint density at radius 2 is 2.19 bits per heavy atom. The van der Waals surface area contributed by atoms with Crippen LogP contribution in [0.2, 0.25) is 0 Å². The zero-order chi connectivity index (χ0) is 15.2. The van der Waals surface area contributed by atoms with E-state index in [4.69, 9.17) is 4.74 Å². The Labute approximate surface area is 135 Å². The summed E-state index contributed by atoms with van der Waals surface area (Å²) in [7, 11) is 1.71. The Kier molecular flexibility index (Phi) is 6.24. The van der Waals surface area contributed by atoms with Crippen molar-refractivity contribution in [3.05, 3.63) is 28.2 Å². The van der Waals surface area contributed by atoms with Gasteiger partial charge < -0.3 is 4.74 Å². The van der Waals surface area contributed by atoms with Gasteiger partial charge in [0, 0.05) is 29.0 Å². The van der Waals surface area contributed by atoms with E-state index in [9.17, 15) is 4.79 Å². The molecule has 0 amide bonds. The maximum absolute atomic E-state index is 11.5. The maximum Gasteiger partial charge on any atom is 0.131 e. The normalized spacial score (nSPS) is 20.0. The number of hydrogen-bond acceptors (Lipinski definition) is 3. The molecule has 1 atom stereocenters. The van der Waals surface area contributed by atoms with Crippen LogP contribution in [0.1, 0.15) is 44.6 Å². The second-order valence-corrected chi connectivity index (χ2v) is 6.75. The minimum absolute atomic E-state index is 0.285. The molecule has 1 aliphatic heterocycles. The fourth-order valence-corrected chi connectivity index (χ4v) is 3.51. The second kappa shape index (κ2) is 7.95. The van der Waals surface area contributed by atoms with Crippen LogP contribution < -0.4 is 4.74 Å². The summed E-state index contributed by atoms with van der Waals surface area (Å²) in [4.78, 5) is 14.0. The summed E-state index contributed by atoms with van der Waals surface area (Å²) in [6.45, 7) is 3.61. The Bertz CT molecular complexity index is 490. The third kappa shape index (κ3) is 4.82.